The van der Waals surface area contributed by atoms with Gasteiger partial charge in [-0.05, 0) is 25.2 Å². The van der Waals surface area contributed by atoms with Crippen molar-refractivity contribution in [3.63, 3.8) is 0 Å². The molecule has 0 amide bonds. The quantitative estimate of drug-likeness (QED) is 0.466. The lowest BCUT2D eigenvalue weighted by atomic mass is 10.2. The molecule has 1 aliphatic heterocycles. The first-order valence-electron chi connectivity index (χ1n) is 2.86. The van der Waals surface area contributed by atoms with Gasteiger partial charge in [0.2, 0.25) is 0 Å². The third-order valence-electron chi connectivity index (χ3n) is 1.38. The molecular formula is C5H12NP. The fraction of sp³-hybridized carbons (Fsp3) is 1.00. The summed E-state index contributed by atoms with van der Waals surface area (Å²) in [5, 5.41) is 0. The summed E-state index contributed by atoms with van der Waals surface area (Å²) in [6.45, 7) is 0. The third-order valence-corrected chi connectivity index (χ3v) is 2.67. The van der Waals surface area contributed by atoms with E-state index in [4.69, 9.17) is 5.73 Å². The Balaban J connectivity index is 2.12. The van der Waals surface area contributed by atoms with Crippen LogP contribution in [0.25, 0.3) is 0 Å². The van der Waals surface area contributed by atoms with Gasteiger partial charge in [0.15, 0.2) is 0 Å². The Morgan fingerprint density at radius 2 is 1.86 bits per heavy atom. The Kier molecular flexibility index (Phi) is 2.08. The van der Waals surface area contributed by atoms with Crippen molar-refractivity contribution >= 4 is 8.58 Å². The zero-order chi connectivity index (χ0) is 5.11. The van der Waals surface area contributed by atoms with Crippen LogP contribution in [0.1, 0.15) is 12.8 Å². The Hall–Kier alpha value is 0.390. The van der Waals surface area contributed by atoms with Gasteiger partial charge in [-0.1, -0.05) is 0 Å². The molecule has 0 saturated carbocycles. The first kappa shape index (κ1) is 5.53. The average molecular weight is 117 g/mol. The smallest absolute Gasteiger partial charge is 0.00453 e. The summed E-state index contributed by atoms with van der Waals surface area (Å²) in [5.41, 5.74) is 5.64. The van der Waals surface area contributed by atoms with Crippen LogP contribution in [0.4, 0.5) is 0 Å². The zero-order valence-corrected chi connectivity index (χ0v) is 5.48. The monoisotopic (exact) mass is 117 g/mol. The number of nitrogens with two attached hydrogens (primary N) is 1. The van der Waals surface area contributed by atoms with Crippen molar-refractivity contribution in [2.75, 3.05) is 12.3 Å². The van der Waals surface area contributed by atoms with Crippen molar-refractivity contribution in [2.45, 2.75) is 18.9 Å². The van der Waals surface area contributed by atoms with Crippen LogP contribution in [0.15, 0.2) is 0 Å². The molecule has 1 rings (SSSR count). The predicted octanol–water partition coefficient (Wildman–Crippen LogP) is 0.786. The molecule has 0 aromatic rings. The van der Waals surface area contributed by atoms with E-state index in [0.717, 1.165) is 0 Å². The van der Waals surface area contributed by atoms with Crippen molar-refractivity contribution in [3.05, 3.63) is 0 Å². The average Bonchev–Trinajstić information content (AvgIpc) is 1.69. The molecule has 0 aromatic heterocycles. The van der Waals surface area contributed by atoms with E-state index in [-0.39, 0.29) is 0 Å². The predicted molar refractivity (Wildman–Crippen MR) is 35.3 cm³/mol. The summed E-state index contributed by atoms with van der Waals surface area (Å²) in [7, 11) is 1.21. The SMILES string of the molecule is NC1CCPCC1. The van der Waals surface area contributed by atoms with Gasteiger partial charge in [-0.3, -0.25) is 0 Å². The normalized spacial score (nSPS) is 36.4. The summed E-state index contributed by atoms with van der Waals surface area (Å²) < 4.78 is 0. The van der Waals surface area contributed by atoms with E-state index in [1.165, 1.54) is 33.7 Å². The maximum absolute atomic E-state index is 5.64. The molecule has 0 radical (unpaired) electrons. The van der Waals surface area contributed by atoms with E-state index in [9.17, 15) is 0 Å². The molecule has 1 aliphatic rings. The fourth-order valence-electron chi connectivity index (χ4n) is 0.844. The summed E-state index contributed by atoms with van der Waals surface area (Å²) in [4.78, 5) is 0. The lowest BCUT2D eigenvalue weighted by Crippen LogP contribution is -2.23. The van der Waals surface area contributed by atoms with Gasteiger partial charge in [-0.25, -0.2) is 0 Å². The lowest BCUT2D eigenvalue weighted by molar-refractivity contribution is 0.621. The van der Waals surface area contributed by atoms with Gasteiger partial charge in [0.05, 0.1) is 0 Å². The van der Waals surface area contributed by atoms with Crippen molar-refractivity contribution in [3.8, 4) is 0 Å². The molecule has 0 aromatic carbocycles. The summed E-state index contributed by atoms with van der Waals surface area (Å²) in [5.74, 6) is 0. The molecule has 1 saturated heterocycles. The second-order valence-corrected chi connectivity index (χ2v) is 3.59. The van der Waals surface area contributed by atoms with Gasteiger partial charge in [-0.2, -0.15) is 0 Å². The van der Waals surface area contributed by atoms with Crippen LogP contribution in [0.5, 0.6) is 0 Å². The molecule has 0 aliphatic carbocycles. The Morgan fingerprint density at radius 3 is 2.14 bits per heavy atom. The molecular weight excluding hydrogens is 105 g/mol. The van der Waals surface area contributed by atoms with E-state index in [1.807, 2.05) is 0 Å². The second-order valence-electron chi connectivity index (χ2n) is 2.09. The van der Waals surface area contributed by atoms with Gasteiger partial charge in [-0.15, -0.1) is 8.58 Å². The molecule has 1 nitrogen and oxygen atoms in total. The van der Waals surface area contributed by atoms with Gasteiger partial charge >= 0.3 is 0 Å². The molecule has 2 N–H and O–H groups in total. The van der Waals surface area contributed by atoms with Crippen LogP contribution in [0, 0.1) is 0 Å². The molecule has 1 fully saturated rings. The molecule has 0 bridgehead atoms. The fourth-order valence-corrected chi connectivity index (χ4v) is 2.24. The van der Waals surface area contributed by atoms with E-state index in [2.05, 4.69) is 0 Å². The summed E-state index contributed by atoms with van der Waals surface area (Å²) in [6.07, 6.45) is 5.33. The zero-order valence-electron chi connectivity index (χ0n) is 4.48. The number of hydrogen-bond acceptors (Lipinski definition) is 1. The molecule has 0 unspecified atom stereocenters. The molecule has 0 spiro atoms. The highest BCUT2D eigenvalue weighted by molar-refractivity contribution is 7.38. The standard InChI is InChI=1S/C5H12NP/c6-5-1-3-7-4-2-5/h5,7H,1-4,6H2. The second kappa shape index (κ2) is 2.64. The van der Waals surface area contributed by atoms with Crippen LogP contribution >= 0.6 is 8.58 Å². The minimum atomic E-state index is 0.543. The van der Waals surface area contributed by atoms with E-state index in [0.29, 0.717) is 6.04 Å². The maximum atomic E-state index is 5.64. The Morgan fingerprint density at radius 1 is 1.29 bits per heavy atom. The Labute approximate surface area is 46.4 Å². The molecule has 42 valence electrons. The number of hydrogen-bond donors (Lipinski definition) is 1. The van der Waals surface area contributed by atoms with Gasteiger partial charge in [0.25, 0.3) is 0 Å². The first-order valence-corrected chi connectivity index (χ1v) is 4.27. The molecule has 7 heavy (non-hydrogen) atoms. The largest absolute Gasteiger partial charge is 0.328 e. The van der Waals surface area contributed by atoms with Crippen LogP contribution < -0.4 is 5.73 Å². The minimum Gasteiger partial charge on any atom is -0.328 e. The van der Waals surface area contributed by atoms with Crippen LogP contribution in [-0.2, 0) is 0 Å². The van der Waals surface area contributed by atoms with Crippen LogP contribution in [0.2, 0.25) is 0 Å². The van der Waals surface area contributed by atoms with Gasteiger partial charge < -0.3 is 5.73 Å². The third kappa shape index (κ3) is 1.75. The molecule has 0 atom stereocenters. The highest BCUT2D eigenvalue weighted by atomic mass is 31.1. The molecule has 2 heteroatoms. The topological polar surface area (TPSA) is 26.0 Å². The van der Waals surface area contributed by atoms with Crippen molar-refractivity contribution in [2.24, 2.45) is 5.73 Å². The van der Waals surface area contributed by atoms with Crippen LogP contribution in [-0.4, -0.2) is 18.4 Å². The highest BCUT2D eigenvalue weighted by Gasteiger charge is 2.06. The minimum absolute atomic E-state index is 0.543. The van der Waals surface area contributed by atoms with Crippen molar-refractivity contribution in [1.29, 1.82) is 0 Å². The lowest BCUT2D eigenvalue weighted by Gasteiger charge is -2.15. The number of rotatable bonds is 0. The maximum Gasteiger partial charge on any atom is 0.00453 e. The van der Waals surface area contributed by atoms with Crippen LogP contribution in [0.3, 0.4) is 0 Å². The summed E-state index contributed by atoms with van der Waals surface area (Å²) >= 11 is 0. The van der Waals surface area contributed by atoms with Crippen molar-refractivity contribution in [1.82, 2.24) is 0 Å². The first-order chi connectivity index (χ1) is 3.39. The highest BCUT2D eigenvalue weighted by Crippen LogP contribution is 2.20. The van der Waals surface area contributed by atoms with Gasteiger partial charge in [0.1, 0.15) is 0 Å². The van der Waals surface area contributed by atoms with E-state index < -0.39 is 0 Å². The Bertz CT molecular complexity index is 50.0. The van der Waals surface area contributed by atoms with Gasteiger partial charge in [0, 0.05) is 6.04 Å². The van der Waals surface area contributed by atoms with E-state index in [1.54, 1.807) is 0 Å². The summed E-state index contributed by atoms with van der Waals surface area (Å²) in [6, 6.07) is 0.543. The molecule has 1 heterocycles. The van der Waals surface area contributed by atoms with Crippen molar-refractivity contribution < 1.29 is 0 Å². The van der Waals surface area contributed by atoms with E-state index >= 15 is 0 Å².